The second-order valence-electron chi connectivity index (χ2n) is 5.51. The summed E-state index contributed by atoms with van der Waals surface area (Å²) in [5.74, 6) is 1.38. The van der Waals surface area contributed by atoms with Crippen LogP contribution in [0.4, 0.5) is 0 Å². The van der Waals surface area contributed by atoms with E-state index in [0.717, 1.165) is 23.8 Å². The Bertz CT molecular complexity index is 924. The minimum Gasteiger partial charge on any atom is -0.493 e. The van der Waals surface area contributed by atoms with Gasteiger partial charge in [0.25, 0.3) is 0 Å². The molecule has 0 fully saturated rings. The third kappa shape index (κ3) is 3.64. The van der Waals surface area contributed by atoms with E-state index in [2.05, 4.69) is 6.07 Å². The number of hydrogen-bond acceptors (Lipinski definition) is 4. The summed E-state index contributed by atoms with van der Waals surface area (Å²) in [6, 6.07) is 19.1. The molecule has 0 atom stereocenters. The van der Waals surface area contributed by atoms with Crippen LogP contribution in [0.2, 0.25) is 0 Å². The van der Waals surface area contributed by atoms with Gasteiger partial charge in [-0.05, 0) is 25.0 Å². The Labute approximate surface area is 140 Å². The Morgan fingerprint density at radius 1 is 1.04 bits per heavy atom. The van der Waals surface area contributed by atoms with Gasteiger partial charge >= 0.3 is 0 Å². The van der Waals surface area contributed by atoms with Crippen molar-refractivity contribution in [3.05, 3.63) is 60.0 Å². The Morgan fingerprint density at radius 2 is 1.88 bits per heavy atom. The molecule has 1 heterocycles. The zero-order chi connectivity index (χ0) is 16.8. The SMILES string of the molecule is N#CCCCCOc1ccc2c(=N)cc(-c3ccccc3)oc2c1. The summed E-state index contributed by atoms with van der Waals surface area (Å²) in [5.41, 5.74) is 1.58. The lowest BCUT2D eigenvalue weighted by molar-refractivity contribution is 0.307. The average Bonchev–Trinajstić information content (AvgIpc) is 2.62. The summed E-state index contributed by atoms with van der Waals surface area (Å²) >= 11 is 0. The largest absolute Gasteiger partial charge is 0.493 e. The van der Waals surface area contributed by atoms with Gasteiger partial charge in [0.2, 0.25) is 0 Å². The molecule has 0 spiro atoms. The number of nitrogens with zero attached hydrogens (tertiary/aromatic N) is 1. The van der Waals surface area contributed by atoms with Gasteiger partial charge in [0.15, 0.2) is 0 Å². The average molecular weight is 318 g/mol. The number of nitrogens with one attached hydrogen (secondary N) is 1. The van der Waals surface area contributed by atoms with Gasteiger partial charge in [0, 0.05) is 29.5 Å². The lowest BCUT2D eigenvalue weighted by Crippen LogP contribution is -2.02. The molecule has 1 aromatic heterocycles. The molecule has 0 aliphatic rings. The van der Waals surface area contributed by atoms with Gasteiger partial charge < -0.3 is 9.15 Å². The number of rotatable bonds is 6. The molecule has 0 unspecified atom stereocenters. The fourth-order valence-electron chi connectivity index (χ4n) is 2.50. The topological polar surface area (TPSA) is 70.0 Å². The first kappa shape index (κ1) is 15.8. The maximum atomic E-state index is 8.53. The Morgan fingerprint density at radius 3 is 2.67 bits per heavy atom. The highest BCUT2D eigenvalue weighted by Crippen LogP contribution is 2.24. The third-order valence-electron chi connectivity index (χ3n) is 3.75. The molecule has 0 saturated heterocycles. The van der Waals surface area contributed by atoms with Crippen LogP contribution < -0.4 is 10.1 Å². The summed E-state index contributed by atoms with van der Waals surface area (Å²) in [5, 5.41) is 17.9. The van der Waals surface area contributed by atoms with Crippen LogP contribution in [-0.4, -0.2) is 6.61 Å². The molecule has 0 saturated carbocycles. The molecule has 1 N–H and O–H groups in total. The fraction of sp³-hybridized carbons (Fsp3) is 0.200. The molecule has 0 radical (unpaired) electrons. The van der Waals surface area contributed by atoms with E-state index < -0.39 is 0 Å². The summed E-state index contributed by atoms with van der Waals surface area (Å²) in [4.78, 5) is 0. The van der Waals surface area contributed by atoms with Crippen molar-refractivity contribution in [2.24, 2.45) is 0 Å². The van der Waals surface area contributed by atoms with E-state index in [0.29, 0.717) is 35.5 Å². The van der Waals surface area contributed by atoms with E-state index in [1.807, 2.05) is 48.5 Å². The lowest BCUT2D eigenvalue weighted by Gasteiger charge is -2.08. The van der Waals surface area contributed by atoms with Gasteiger partial charge in [-0.1, -0.05) is 30.3 Å². The van der Waals surface area contributed by atoms with Crippen LogP contribution >= 0.6 is 0 Å². The molecule has 4 nitrogen and oxygen atoms in total. The molecule has 0 amide bonds. The minimum absolute atomic E-state index is 0.427. The van der Waals surface area contributed by atoms with E-state index in [1.165, 1.54) is 0 Å². The zero-order valence-corrected chi connectivity index (χ0v) is 13.3. The minimum atomic E-state index is 0.427. The van der Waals surface area contributed by atoms with Crippen molar-refractivity contribution in [1.82, 2.24) is 0 Å². The maximum Gasteiger partial charge on any atom is 0.140 e. The summed E-state index contributed by atoms with van der Waals surface area (Å²) < 4.78 is 11.7. The smallest absolute Gasteiger partial charge is 0.140 e. The molecule has 0 aliphatic carbocycles. The van der Waals surface area contributed by atoms with E-state index >= 15 is 0 Å². The maximum absolute atomic E-state index is 8.53. The number of nitriles is 1. The van der Waals surface area contributed by atoms with Crippen LogP contribution in [0.25, 0.3) is 22.3 Å². The van der Waals surface area contributed by atoms with Gasteiger partial charge in [0.1, 0.15) is 17.1 Å². The van der Waals surface area contributed by atoms with Gasteiger partial charge in [0.05, 0.1) is 18.0 Å². The normalized spacial score (nSPS) is 10.5. The molecule has 2 aromatic carbocycles. The molecular formula is C20H18N2O2. The van der Waals surface area contributed by atoms with E-state index in [9.17, 15) is 0 Å². The van der Waals surface area contributed by atoms with Crippen molar-refractivity contribution in [1.29, 1.82) is 10.7 Å². The number of hydrogen-bond donors (Lipinski definition) is 1. The molecule has 120 valence electrons. The predicted molar refractivity (Wildman–Crippen MR) is 92.5 cm³/mol. The van der Waals surface area contributed by atoms with Crippen molar-refractivity contribution in [2.75, 3.05) is 6.61 Å². The predicted octanol–water partition coefficient (Wildman–Crippen LogP) is 4.65. The molecule has 0 bridgehead atoms. The van der Waals surface area contributed by atoms with Crippen LogP contribution in [-0.2, 0) is 0 Å². The van der Waals surface area contributed by atoms with Crippen LogP contribution in [0.15, 0.2) is 59.0 Å². The van der Waals surface area contributed by atoms with Crippen molar-refractivity contribution in [3.63, 3.8) is 0 Å². The highest BCUT2D eigenvalue weighted by molar-refractivity contribution is 5.79. The van der Waals surface area contributed by atoms with Crippen molar-refractivity contribution in [3.8, 4) is 23.1 Å². The lowest BCUT2D eigenvalue weighted by atomic mass is 10.1. The fourth-order valence-corrected chi connectivity index (χ4v) is 2.50. The van der Waals surface area contributed by atoms with Crippen LogP contribution in [0, 0.1) is 16.7 Å². The first-order chi connectivity index (χ1) is 11.8. The molecule has 0 aliphatic heterocycles. The summed E-state index contributed by atoms with van der Waals surface area (Å²) in [7, 11) is 0. The van der Waals surface area contributed by atoms with Crippen LogP contribution in [0.3, 0.4) is 0 Å². The third-order valence-corrected chi connectivity index (χ3v) is 3.75. The summed E-state index contributed by atoms with van der Waals surface area (Å²) in [6.07, 6.45) is 2.24. The Kier molecular flexibility index (Phi) is 4.93. The highest BCUT2D eigenvalue weighted by Gasteiger charge is 2.06. The Hall–Kier alpha value is -3.06. The van der Waals surface area contributed by atoms with E-state index in [4.69, 9.17) is 19.8 Å². The van der Waals surface area contributed by atoms with Crippen molar-refractivity contribution < 1.29 is 9.15 Å². The van der Waals surface area contributed by atoms with Gasteiger partial charge in [-0.15, -0.1) is 0 Å². The van der Waals surface area contributed by atoms with Crippen molar-refractivity contribution in [2.45, 2.75) is 19.3 Å². The number of fused-ring (bicyclic) bond motifs is 1. The van der Waals surface area contributed by atoms with Crippen molar-refractivity contribution >= 4 is 11.0 Å². The second-order valence-corrected chi connectivity index (χ2v) is 5.51. The van der Waals surface area contributed by atoms with Crippen LogP contribution in [0.1, 0.15) is 19.3 Å². The van der Waals surface area contributed by atoms with Gasteiger partial charge in [-0.3, -0.25) is 5.41 Å². The first-order valence-corrected chi connectivity index (χ1v) is 7.95. The van der Waals surface area contributed by atoms with Gasteiger partial charge in [-0.2, -0.15) is 5.26 Å². The molecule has 3 aromatic rings. The van der Waals surface area contributed by atoms with Crippen LogP contribution in [0.5, 0.6) is 5.75 Å². The molecule has 24 heavy (non-hydrogen) atoms. The van der Waals surface area contributed by atoms with Gasteiger partial charge in [-0.25, -0.2) is 0 Å². The highest BCUT2D eigenvalue weighted by atomic mass is 16.5. The number of unbranched alkanes of at least 4 members (excludes halogenated alkanes) is 2. The molecule has 3 rings (SSSR count). The molecular weight excluding hydrogens is 300 g/mol. The first-order valence-electron chi connectivity index (χ1n) is 7.95. The van der Waals surface area contributed by atoms with E-state index in [1.54, 1.807) is 6.07 Å². The summed E-state index contributed by atoms with van der Waals surface area (Å²) in [6.45, 7) is 0.569. The Balaban J connectivity index is 1.85. The number of ether oxygens (including phenoxy) is 1. The number of benzene rings is 2. The molecule has 4 heteroatoms. The van der Waals surface area contributed by atoms with E-state index in [-0.39, 0.29) is 0 Å². The standard InChI is InChI=1S/C20H18N2O2/c21-11-5-2-6-12-23-16-9-10-17-18(22)14-19(24-20(17)13-16)15-7-3-1-4-8-15/h1,3-4,7-10,13-14,22H,2,5-6,12H2. The monoisotopic (exact) mass is 318 g/mol. The second kappa shape index (κ2) is 7.47. The zero-order valence-electron chi connectivity index (χ0n) is 13.3. The quantitative estimate of drug-likeness (QED) is 0.672.